The lowest BCUT2D eigenvalue weighted by molar-refractivity contribution is -0.140. The van der Waals surface area contributed by atoms with Crippen LogP contribution >= 0.6 is 0 Å². The standard InChI is InChI=1S/C13H13F3N2O4/c1-21-11(19)7-10(12(20)22-2)18-17-9-6-4-3-5-8(9)13(14,15)16/h3-6,17H,7H2,1-2H3. The van der Waals surface area contributed by atoms with Crippen LogP contribution in [0.15, 0.2) is 29.4 Å². The first-order chi connectivity index (χ1) is 10.3. The molecule has 0 saturated heterocycles. The first kappa shape index (κ1) is 17.5. The van der Waals surface area contributed by atoms with Crippen LogP contribution in [-0.2, 0) is 25.2 Å². The third kappa shape index (κ3) is 4.76. The van der Waals surface area contributed by atoms with E-state index in [1.807, 2.05) is 0 Å². The van der Waals surface area contributed by atoms with Crippen molar-refractivity contribution in [2.75, 3.05) is 19.6 Å². The van der Waals surface area contributed by atoms with Crippen LogP contribution in [0.25, 0.3) is 0 Å². The highest BCUT2D eigenvalue weighted by molar-refractivity contribution is 6.39. The highest BCUT2D eigenvalue weighted by Crippen LogP contribution is 2.34. The molecule has 0 bridgehead atoms. The zero-order valence-electron chi connectivity index (χ0n) is 11.7. The molecule has 0 aliphatic rings. The second-order valence-corrected chi connectivity index (χ2v) is 3.96. The number of nitrogens with zero attached hydrogens (tertiary/aromatic N) is 1. The van der Waals surface area contributed by atoms with Gasteiger partial charge in [-0.3, -0.25) is 10.2 Å². The Balaban J connectivity index is 3.05. The zero-order valence-corrected chi connectivity index (χ0v) is 11.7. The van der Waals surface area contributed by atoms with Crippen LogP contribution < -0.4 is 5.43 Å². The van der Waals surface area contributed by atoms with Crippen molar-refractivity contribution in [1.29, 1.82) is 0 Å². The smallest absolute Gasteiger partial charge is 0.418 e. The quantitative estimate of drug-likeness (QED) is 0.512. The van der Waals surface area contributed by atoms with Gasteiger partial charge in [-0.15, -0.1) is 0 Å². The minimum Gasteiger partial charge on any atom is -0.469 e. The van der Waals surface area contributed by atoms with E-state index in [4.69, 9.17) is 0 Å². The van der Waals surface area contributed by atoms with Gasteiger partial charge in [0.25, 0.3) is 0 Å². The number of carbonyl (C=O) groups is 2. The summed E-state index contributed by atoms with van der Waals surface area (Å²) in [5.41, 5.74) is 0.396. The molecule has 1 aromatic carbocycles. The molecule has 0 spiro atoms. The van der Waals surface area contributed by atoms with Crippen LogP contribution in [0, 0.1) is 0 Å². The summed E-state index contributed by atoms with van der Waals surface area (Å²) in [4.78, 5) is 22.6. The fourth-order valence-corrected chi connectivity index (χ4v) is 1.44. The molecule has 0 heterocycles. The van der Waals surface area contributed by atoms with E-state index in [-0.39, 0.29) is 5.69 Å². The number of ether oxygens (including phenoxy) is 2. The summed E-state index contributed by atoms with van der Waals surface area (Å²) in [5, 5.41) is 3.52. The number of hydrogen-bond acceptors (Lipinski definition) is 6. The predicted octanol–water partition coefficient (Wildman–Crippen LogP) is 2.21. The zero-order chi connectivity index (χ0) is 16.8. The average molecular weight is 318 g/mol. The Hall–Kier alpha value is -2.58. The highest BCUT2D eigenvalue weighted by Gasteiger charge is 2.33. The van der Waals surface area contributed by atoms with Gasteiger partial charge in [-0.2, -0.15) is 18.3 Å². The fraction of sp³-hybridized carbons (Fsp3) is 0.308. The Kier molecular flexibility index (Phi) is 5.90. The SMILES string of the molecule is COC(=O)CC(=NNc1ccccc1C(F)(F)F)C(=O)OC. The Morgan fingerprint density at radius 1 is 1.18 bits per heavy atom. The summed E-state index contributed by atoms with van der Waals surface area (Å²) >= 11 is 0. The Morgan fingerprint density at radius 3 is 2.36 bits per heavy atom. The van der Waals surface area contributed by atoms with Crippen LogP contribution in [0.5, 0.6) is 0 Å². The summed E-state index contributed by atoms with van der Waals surface area (Å²) in [7, 11) is 2.16. The monoisotopic (exact) mass is 318 g/mol. The van der Waals surface area contributed by atoms with E-state index in [2.05, 4.69) is 20.0 Å². The van der Waals surface area contributed by atoms with E-state index in [1.165, 1.54) is 12.1 Å². The molecule has 0 atom stereocenters. The van der Waals surface area contributed by atoms with Crippen molar-refractivity contribution in [1.82, 2.24) is 0 Å². The first-order valence-corrected chi connectivity index (χ1v) is 5.93. The van der Waals surface area contributed by atoms with Gasteiger partial charge in [-0.05, 0) is 12.1 Å². The van der Waals surface area contributed by atoms with Gasteiger partial charge in [0.15, 0.2) is 5.71 Å². The number of rotatable bonds is 5. The number of hydrogen-bond donors (Lipinski definition) is 1. The van der Waals surface area contributed by atoms with E-state index in [0.29, 0.717) is 0 Å². The van der Waals surface area contributed by atoms with Gasteiger partial charge in [0.05, 0.1) is 31.9 Å². The van der Waals surface area contributed by atoms with Crippen LogP contribution in [-0.4, -0.2) is 31.9 Å². The maximum absolute atomic E-state index is 12.8. The molecular formula is C13H13F3N2O4. The molecule has 0 aromatic heterocycles. The predicted molar refractivity (Wildman–Crippen MR) is 71.2 cm³/mol. The normalized spacial score (nSPS) is 11.8. The molecule has 0 fully saturated rings. The van der Waals surface area contributed by atoms with Crippen LogP contribution in [0.3, 0.4) is 0 Å². The Morgan fingerprint density at radius 2 is 1.82 bits per heavy atom. The van der Waals surface area contributed by atoms with Crippen LogP contribution in [0.1, 0.15) is 12.0 Å². The molecule has 0 saturated carbocycles. The highest BCUT2D eigenvalue weighted by atomic mass is 19.4. The molecule has 0 aliphatic heterocycles. The van der Waals surface area contributed by atoms with E-state index in [9.17, 15) is 22.8 Å². The van der Waals surface area contributed by atoms with E-state index >= 15 is 0 Å². The molecule has 0 amide bonds. The van der Waals surface area contributed by atoms with Gasteiger partial charge in [0.2, 0.25) is 0 Å². The maximum Gasteiger partial charge on any atom is 0.418 e. The van der Waals surface area contributed by atoms with Gasteiger partial charge in [-0.25, -0.2) is 4.79 Å². The molecule has 0 aliphatic carbocycles. The van der Waals surface area contributed by atoms with Gasteiger partial charge in [0, 0.05) is 0 Å². The third-order valence-electron chi connectivity index (χ3n) is 2.50. The third-order valence-corrected chi connectivity index (χ3v) is 2.50. The number of benzene rings is 1. The summed E-state index contributed by atoms with van der Waals surface area (Å²) < 4.78 is 47.2. The number of carbonyl (C=O) groups excluding carboxylic acids is 2. The van der Waals surface area contributed by atoms with E-state index in [0.717, 1.165) is 26.4 Å². The minimum atomic E-state index is -4.59. The van der Waals surface area contributed by atoms with Gasteiger partial charge in [-0.1, -0.05) is 12.1 Å². The van der Waals surface area contributed by atoms with Crippen molar-refractivity contribution in [3.05, 3.63) is 29.8 Å². The van der Waals surface area contributed by atoms with E-state index in [1.54, 1.807) is 0 Å². The molecule has 22 heavy (non-hydrogen) atoms. The number of halogens is 3. The molecular weight excluding hydrogens is 305 g/mol. The molecule has 120 valence electrons. The molecule has 9 heteroatoms. The van der Waals surface area contributed by atoms with Crippen molar-refractivity contribution in [2.45, 2.75) is 12.6 Å². The lowest BCUT2D eigenvalue weighted by Gasteiger charge is -2.12. The Bertz CT molecular complexity index is 585. The molecule has 1 rings (SSSR count). The van der Waals surface area contributed by atoms with Crippen LogP contribution in [0.2, 0.25) is 0 Å². The number of alkyl halides is 3. The molecule has 0 unspecified atom stereocenters. The van der Waals surface area contributed by atoms with Crippen molar-refractivity contribution in [3.8, 4) is 0 Å². The Labute approximate surface area is 123 Å². The second kappa shape index (κ2) is 7.43. The lowest BCUT2D eigenvalue weighted by Crippen LogP contribution is -2.22. The summed E-state index contributed by atoms with van der Waals surface area (Å²) in [6.07, 6.45) is -5.13. The number of hydrazone groups is 1. The molecule has 0 radical (unpaired) electrons. The van der Waals surface area contributed by atoms with Crippen molar-refractivity contribution < 1.29 is 32.2 Å². The lowest BCUT2D eigenvalue weighted by atomic mass is 10.2. The average Bonchev–Trinajstić information content (AvgIpc) is 2.49. The topological polar surface area (TPSA) is 77.0 Å². The summed E-state index contributed by atoms with van der Waals surface area (Å²) in [5.74, 6) is -1.74. The number of esters is 2. The van der Waals surface area contributed by atoms with Crippen LogP contribution in [0.4, 0.5) is 18.9 Å². The van der Waals surface area contributed by atoms with Gasteiger partial charge in [0.1, 0.15) is 0 Å². The minimum absolute atomic E-state index is 0.360. The van der Waals surface area contributed by atoms with E-state index < -0.39 is 35.8 Å². The number of nitrogens with one attached hydrogen (secondary N) is 1. The summed E-state index contributed by atoms with van der Waals surface area (Å²) in [6, 6.07) is 4.58. The van der Waals surface area contributed by atoms with Crippen molar-refractivity contribution >= 4 is 23.3 Å². The van der Waals surface area contributed by atoms with Crippen molar-refractivity contribution in [2.24, 2.45) is 5.10 Å². The first-order valence-electron chi connectivity index (χ1n) is 5.93. The summed E-state index contributed by atoms with van der Waals surface area (Å²) in [6.45, 7) is 0. The maximum atomic E-state index is 12.8. The number of methoxy groups -OCH3 is 2. The number of anilines is 1. The molecule has 6 nitrogen and oxygen atoms in total. The fourth-order valence-electron chi connectivity index (χ4n) is 1.44. The molecule has 1 aromatic rings. The molecule has 1 N–H and O–H groups in total. The van der Waals surface area contributed by atoms with Gasteiger partial charge >= 0.3 is 18.1 Å². The van der Waals surface area contributed by atoms with Gasteiger partial charge < -0.3 is 9.47 Å². The van der Waals surface area contributed by atoms with Crippen molar-refractivity contribution in [3.63, 3.8) is 0 Å². The second-order valence-electron chi connectivity index (χ2n) is 3.96. The largest absolute Gasteiger partial charge is 0.469 e. The number of para-hydroxylation sites is 1.